The third-order valence-corrected chi connectivity index (χ3v) is 3.35. The highest BCUT2D eigenvalue weighted by Gasteiger charge is 2.08. The van der Waals surface area contributed by atoms with Gasteiger partial charge in [-0.3, -0.25) is 0 Å². The van der Waals surface area contributed by atoms with E-state index < -0.39 is 0 Å². The molecular weight excluding hydrogens is 264 g/mol. The van der Waals surface area contributed by atoms with E-state index in [1.165, 1.54) is 5.56 Å². The first kappa shape index (κ1) is 15.1. The quantitative estimate of drug-likeness (QED) is 0.744. The van der Waals surface area contributed by atoms with E-state index in [1.807, 2.05) is 38.1 Å². The molecule has 0 N–H and O–H groups in total. The Morgan fingerprint density at radius 3 is 2.10 bits per heavy atom. The van der Waals surface area contributed by atoms with Crippen LogP contribution in [0.5, 0.6) is 17.2 Å². The van der Waals surface area contributed by atoms with Crippen molar-refractivity contribution in [1.29, 1.82) is 0 Å². The number of carbonyl (C=O) groups excluding carboxylic acids is 1. The van der Waals surface area contributed by atoms with Crippen molar-refractivity contribution < 1.29 is 14.3 Å². The van der Waals surface area contributed by atoms with Gasteiger partial charge >= 0.3 is 0 Å². The van der Waals surface area contributed by atoms with Gasteiger partial charge < -0.3 is 14.3 Å². The standard InChI is InChI=1S/C18H20O3/c1-13-11-15(5-4-10-19)12-14(2)18(13)21-17-8-6-16(20-3)7-9-17/h6-12H,4-5H2,1-3H3. The van der Waals surface area contributed by atoms with Crippen LogP contribution in [-0.2, 0) is 11.2 Å². The van der Waals surface area contributed by atoms with Gasteiger partial charge in [-0.25, -0.2) is 0 Å². The largest absolute Gasteiger partial charge is 0.497 e. The number of aldehydes is 1. The Hall–Kier alpha value is -2.29. The van der Waals surface area contributed by atoms with Gasteiger partial charge in [0.15, 0.2) is 0 Å². The second-order valence-electron chi connectivity index (χ2n) is 5.04. The van der Waals surface area contributed by atoms with Crippen LogP contribution in [0.1, 0.15) is 23.1 Å². The van der Waals surface area contributed by atoms with Crippen molar-refractivity contribution in [2.24, 2.45) is 0 Å². The Kier molecular flexibility index (Phi) is 4.99. The number of hydrogen-bond acceptors (Lipinski definition) is 3. The van der Waals surface area contributed by atoms with Crippen LogP contribution in [0.3, 0.4) is 0 Å². The topological polar surface area (TPSA) is 35.5 Å². The van der Waals surface area contributed by atoms with E-state index >= 15 is 0 Å². The lowest BCUT2D eigenvalue weighted by Crippen LogP contribution is -1.95. The maximum absolute atomic E-state index is 10.5. The summed E-state index contributed by atoms with van der Waals surface area (Å²) in [6.45, 7) is 4.05. The van der Waals surface area contributed by atoms with Crippen molar-refractivity contribution in [2.75, 3.05) is 7.11 Å². The summed E-state index contributed by atoms with van der Waals surface area (Å²) in [4.78, 5) is 10.5. The fourth-order valence-corrected chi connectivity index (χ4v) is 2.33. The maximum atomic E-state index is 10.5. The van der Waals surface area contributed by atoms with Crippen LogP contribution in [0.15, 0.2) is 36.4 Å². The summed E-state index contributed by atoms with van der Waals surface area (Å²) in [7, 11) is 1.64. The van der Waals surface area contributed by atoms with E-state index in [2.05, 4.69) is 12.1 Å². The van der Waals surface area contributed by atoms with Crippen LogP contribution in [0, 0.1) is 13.8 Å². The number of rotatable bonds is 6. The molecule has 0 aliphatic carbocycles. The second-order valence-corrected chi connectivity index (χ2v) is 5.04. The predicted octanol–water partition coefficient (Wildman–Crippen LogP) is 4.24. The fraction of sp³-hybridized carbons (Fsp3) is 0.278. The number of aryl methyl sites for hydroxylation is 3. The predicted molar refractivity (Wildman–Crippen MR) is 83.4 cm³/mol. The smallest absolute Gasteiger partial charge is 0.133 e. The molecule has 0 aromatic heterocycles. The molecule has 0 heterocycles. The first-order valence-corrected chi connectivity index (χ1v) is 6.99. The third kappa shape index (κ3) is 3.85. The SMILES string of the molecule is COc1ccc(Oc2c(C)cc(CCC=O)cc2C)cc1. The molecule has 2 aromatic carbocycles. The molecule has 0 atom stereocenters. The minimum atomic E-state index is 0.553. The van der Waals surface area contributed by atoms with Crippen molar-refractivity contribution in [3.63, 3.8) is 0 Å². The number of benzene rings is 2. The van der Waals surface area contributed by atoms with E-state index in [1.54, 1.807) is 7.11 Å². The molecule has 0 unspecified atom stereocenters. The van der Waals surface area contributed by atoms with Gasteiger partial charge in [0.2, 0.25) is 0 Å². The summed E-state index contributed by atoms with van der Waals surface area (Å²) in [5, 5.41) is 0. The summed E-state index contributed by atoms with van der Waals surface area (Å²) in [5.74, 6) is 2.46. The molecule has 0 amide bonds. The fourth-order valence-electron chi connectivity index (χ4n) is 2.33. The van der Waals surface area contributed by atoms with Gasteiger partial charge in [0.1, 0.15) is 23.5 Å². The third-order valence-electron chi connectivity index (χ3n) is 3.35. The maximum Gasteiger partial charge on any atom is 0.133 e. The number of carbonyl (C=O) groups is 1. The molecule has 2 aromatic rings. The molecule has 2 rings (SSSR count). The van der Waals surface area contributed by atoms with Gasteiger partial charge in [-0.2, -0.15) is 0 Å². The van der Waals surface area contributed by atoms with Crippen LogP contribution in [0.25, 0.3) is 0 Å². The Bertz CT molecular complexity index is 592. The lowest BCUT2D eigenvalue weighted by Gasteiger charge is -2.14. The normalized spacial score (nSPS) is 10.2. The van der Waals surface area contributed by atoms with E-state index in [9.17, 15) is 4.79 Å². The Morgan fingerprint density at radius 1 is 1.00 bits per heavy atom. The van der Waals surface area contributed by atoms with E-state index in [0.29, 0.717) is 6.42 Å². The minimum absolute atomic E-state index is 0.553. The molecule has 0 aliphatic rings. The first-order chi connectivity index (χ1) is 10.1. The van der Waals surface area contributed by atoms with Crippen molar-refractivity contribution in [3.05, 3.63) is 53.1 Å². The van der Waals surface area contributed by atoms with Crippen molar-refractivity contribution >= 4 is 6.29 Å². The van der Waals surface area contributed by atoms with Crippen molar-refractivity contribution in [2.45, 2.75) is 26.7 Å². The minimum Gasteiger partial charge on any atom is -0.497 e. The molecule has 0 spiro atoms. The van der Waals surface area contributed by atoms with Gasteiger partial charge in [-0.05, 0) is 61.2 Å². The van der Waals surface area contributed by atoms with Crippen LogP contribution in [-0.4, -0.2) is 13.4 Å². The van der Waals surface area contributed by atoms with Gasteiger partial charge in [0.25, 0.3) is 0 Å². The Labute approximate surface area is 125 Å². The Morgan fingerprint density at radius 2 is 1.57 bits per heavy atom. The average Bonchev–Trinajstić information content (AvgIpc) is 2.49. The second kappa shape index (κ2) is 6.93. The zero-order valence-corrected chi connectivity index (χ0v) is 12.7. The van der Waals surface area contributed by atoms with Crippen molar-refractivity contribution in [1.82, 2.24) is 0 Å². The summed E-state index contributed by atoms with van der Waals surface area (Å²) in [5.41, 5.74) is 3.32. The number of methoxy groups -OCH3 is 1. The van der Waals surface area contributed by atoms with E-state index in [0.717, 1.165) is 41.1 Å². The molecule has 3 nitrogen and oxygen atoms in total. The highest BCUT2D eigenvalue weighted by molar-refractivity contribution is 5.51. The van der Waals surface area contributed by atoms with Gasteiger partial charge in [-0.1, -0.05) is 12.1 Å². The molecule has 0 bridgehead atoms. The number of ether oxygens (including phenoxy) is 2. The summed E-state index contributed by atoms with van der Waals surface area (Å²) < 4.78 is 11.1. The van der Waals surface area contributed by atoms with Gasteiger partial charge in [-0.15, -0.1) is 0 Å². The van der Waals surface area contributed by atoms with Gasteiger partial charge in [0.05, 0.1) is 7.11 Å². The van der Waals surface area contributed by atoms with Crippen LogP contribution in [0.4, 0.5) is 0 Å². The number of hydrogen-bond donors (Lipinski definition) is 0. The van der Waals surface area contributed by atoms with E-state index in [-0.39, 0.29) is 0 Å². The molecule has 0 saturated heterocycles. The monoisotopic (exact) mass is 284 g/mol. The lowest BCUT2D eigenvalue weighted by molar-refractivity contribution is -0.107. The lowest BCUT2D eigenvalue weighted by atomic mass is 10.0. The Balaban J connectivity index is 2.20. The molecular formula is C18H20O3. The van der Waals surface area contributed by atoms with Crippen LogP contribution >= 0.6 is 0 Å². The van der Waals surface area contributed by atoms with Crippen LogP contribution in [0.2, 0.25) is 0 Å². The molecule has 21 heavy (non-hydrogen) atoms. The van der Waals surface area contributed by atoms with Crippen LogP contribution < -0.4 is 9.47 Å². The summed E-state index contributed by atoms with van der Waals surface area (Å²) in [6.07, 6.45) is 2.28. The molecule has 0 fully saturated rings. The molecule has 0 radical (unpaired) electrons. The molecule has 3 heteroatoms. The van der Waals surface area contributed by atoms with E-state index in [4.69, 9.17) is 9.47 Å². The van der Waals surface area contributed by atoms with Crippen molar-refractivity contribution in [3.8, 4) is 17.2 Å². The summed E-state index contributed by atoms with van der Waals surface area (Å²) in [6, 6.07) is 11.7. The average molecular weight is 284 g/mol. The first-order valence-electron chi connectivity index (χ1n) is 6.99. The highest BCUT2D eigenvalue weighted by atomic mass is 16.5. The highest BCUT2D eigenvalue weighted by Crippen LogP contribution is 2.31. The molecule has 110 valence electrons. The summed E-state index contributed by atoms with van der Waals surface area (Å²) >= 11 is 0. The zero-order chi connectivity index (χ0) is 15.2. The molecule has 0 aliphatic heterocycles. The molecule has 0 saturated carbocycles. The zero-order valence-electron chi connectivity index (χ0n) is 12.7. The van der Waals surface area contributed by atoms with Gasteiger partial charge in [0, 0.05) is 6.42 Å².